The highest BCUT2D eigenvalue weighted by atomic mass is 35.5. The second-order valence-electron chi connectivity index (χ2n) is 7.61. The Morgan fingerprint density at radius 2 is 1.88 bits per heavy atom. The largest absolute Gasteiger partial charge is 0.493 e. The van der Waals surface area contributed by atoms with Gasteiger partial charge in [-0.05, 0) is 42.8 Å². The second-order valence-corrected chi connectivity index (χ2v) is 8.04. The smallest absolute Gasteiger partial charge is 0.330 e. The number of benzene rings is 2. The van der Waals surface area contributed by atoms with Crippen LogP contribution in [0.1, 0.15) is 54.1 Å². The normalized spacial score (nSPS) is 11.1. The molecule has 0 bridgehead atoms. The third-order valence-corrected chi connectivity index (χ3v) is 5.31. The summed E-state index contributed by atoms with van der Waals surface area (Å²) >= 11 is 6.30. The highest BCUT2D eigenvalue weighted by Crippen LogP contribution is 2.39. The zero-order valence-electron chi connectivity index (χ0n) is 19.7. The van der Waals surface area contributed by atoms with Crippen LogP contribution in [0.5, 0.6) is 11.5 Å². The lowest BCUT2D eigenvalue weighted by Crippen LogP contribution is -2.08. The van der Waals surface area contributed by atoms with Gasteiger partial charge in [-0.2, -0.15) is 0 Å². The van der Waals surface area contributed by atoms with Crippen LogP contribution in [0.4, 0.5) is 0 Å². The Morgan fingerprint density at radius 3 is 2.53 bits per heavy atom. The number of rotatable bonds is 9. The van der Waals surface area contributed by atoms with E-state index < -0.39 is 5.97 Å². The van der Waals surface area contributed by atoms with Gasteiger partial charge in [0.05, 0.1) is 32.0 Å². The first kappa shape index (κ1) is 25.1. The molecule has 0 aliphatic rings. The molecule has 1 aromatic heterocycles. The summed E-state index contributed by atoms with van der Waals surface area (Å²) in [5.74, 6) is 0.454. The molecule has 3 rings (SSSR count). The Kier molecular flexibility index (Phi) is 8.12. The number of halogens is 1. The van der Waals surface area contributed by atoms with Crippen LogP contribution in [0.2, 0.25) is 5.02 Å². The molecule has 0 unspecified atom stereocenters. The summed E-state index contributed by atoms with van der Waals surface area (Å²) in [6.45, 7) is 5.88. The van der Waals surface area contributed by atoms with Gasteiger partial charge in [0.1, 0.15) is 11.5 Å². The number of carbonyl (C=O) groups is 2. The molecule has 3 aromatic rings. The van der Waals surface area contributed by atoms with Gasteiger partial charge in [0, 0.05) is 22.6 Å². The van der Waals surface area contributed by atoms with E-state index in [-0.39, 0.29) is 18.3 Å². The number of nitrogens with zero attached hydrogens (tertiary/aromatic N) is 1. The van der Waals surface area contributed by atoms with Gasteiger partial charge in [0.25, 0.3) is 0 Å². The Morgan fingerprint density at radius 1 is 1.12 bits per heavy atom. The van der Waals surface area contributed by atoms with Gasteiger partial charge in [-0.25, -0.2) is 4.79 Å². The summed E-state index contributed by atoms with van der Waals surface area (Å²) in [7, 11) is 2.98. The molecule has 0 fully saturated rings. The zero-order chi connectivity index (χ0) is 24.8. The SMILES string of the molecule is CCOC(=O)/C=C/c1noc(C(C)C)c1-c1ccc(Cl)cc1C(=O)c1cccc(OC)c1OC. The molecule has 178 valence electrons. The van der Waals surface area contributed by atoms with E-state index in [2.05, 4.69) is 5.16 Å². The van der Waals surface area contributed by atoms with Crippen LogP contribution in [0.3, 0.4) is 0 Å². The molecule has 0 N–H and O–H groups in total. The fourth-order valence-electron chi connectivity index (χ4n) is 3.57. The number of ether oxygens (including phenoxy) is 3. The number of carbonyl (C=O) groups excluding carboxylic acids is 2. The highest BCUT2D eigenvalue weighted by molar-refractivity contribution is 6.31. The van der Waals surface area contributed by atoms with Crippen molar-refractivity contribution < 1.29 is 28.3 Å². The van der Waals surface area contributed by atoms with E-state index in [0.717, 1.165) is 0 Å². The maximum absolute atomic E-state index is 13.8. The van der Waals surface area contributed by atoms with Crippen molar-refractivity contribution in [2.45, 2.75) is 26.7 Å². The van der Waals surface area contributed by atoms with Crippen LogP contribution in [0.25, 0.3) is 17.2 Å². The molecule has 8 heteroatoms. The van der Waals surface area contributed by atoms with Crippen LogP contribution in [-0.2, 0) is 9.53 Å². The summed E-state index contributed by atoms with van der Waals surface area (Å²) in [6, 6.07) is 10.1. The fourth-order valence-corrected chi connectivity index (χ4v) is 3.74. The predicted molar refractivity (Wildman–Crippen MR) is 130 cm³/mol. The van der Waals surface area contributed by atoms with Crippen molar-refractivity contribution in [3.05, 3.63) is 70.1 Å². The number of aromatic nitrogens is 1. The van der Waals surface area contributed by atoms with Gasteiger partial charge in [0.2, 0.25) is 0 Å². The first-order chi connectivity index (χ1) is 16.3. The topological polar surface area (TPSA) is 87.9 Å². The molecule has 0 radical (unpaired) electrons. The Hall–Kier alpha value is -3.58. The minimum Gasteiger partial charge on any atom is -0.493 e. The van der Waals surface area contributed by atoms with Crippen LogP contribution in [0.15, 0.2) is 47.0 Å². The Labute approximate surface area is 203 Å². The van der Waals surface area contributed by atoms with Gasteiger partial charge < -0.3 is 18.7 Å². The molecule has 0 aliphatic heterocycles. The summed E-state index contributed by atoms with van der Waals surface area (Å²) in [6.07, 6.45) is 2.79. The molecular weight excluding hydrogens is 458 g/mol. The number of hydrogen-bond acceptors (Lipinski definition) is 7. The molecule has 0 amide bonds. The lowest BCUT2D eigenvalue weighted by Gasteiger charge is -2.15. The van der Waals surface area contributed by atoms with Crippen molar-refractivity contribution in [2.24, 2.45) is 0 Å². The summed E-state index contributed by atoms with van der Waals surface area (Å²) in [5.41, 5.74) is 2.20. The number of hydrogen-bond donors (Lipinski definition) is 0. The molecule has 0 saturated carbocycles. The molecule has 2 aromatic carbocycles. The summed E-state index contributed by atoms with van der Waals surface area (Å²) < 4.78 is 21.4. The van der Waals surface area contributed by atoms with Gasteiger partial charge in [-0.3, -0.25) is 4.79 Å². The van der Waals surface area contributed by atoms with E-state index in [1.54, 1.807) is 43.3 Å². The molecule has 1 heterocycles. The van der Waals surface area contributed by atoms with E-state index in [4.69, 9.17) is 30.3 Å². The van der Waals surface area contributed by atoms with E-state index in [0.29, 0.717) is 50.2 Å². The predicted octanol–water partition coefficient (Wildman–Crippen LogP) is 5.94. The number of methoxy groups -OCH3 is 2. The number of ketones is 1. The molecular formula is C26H26ClNO6. The van der Waals surface area contributed by atoms with E-state index in [1.165, 1.54) is 26.4 Å². The van der Waals surface area contributed by atoms with Gasteiger partial charge in [-0.1, -0.05) is 42.7 Å². The molecule has 7 nitrogen and oxygen atoms in total. The first-order valence-corrected chi connectivity index (χ1v) is 11.1. The average Bonchev–Trinajstić information content (AvgIpc) is 3.26. The van der Waals surface area contributed by atoms with Crippen LogP contribution >= 0.6 is 11.6 Å². The summed E-state index contributed by atoms with van der Waals surface area (Å²) in [4.78, 5) is 25.6. The monoisotopic (exact) mass is 483 g/mol. The maximum atomic E-state index is 13.8. The molecule has 0 aliphatic carbocycles. The lowest BCUT2D eigenvalue weighted by atomic mass is 9.90. The minimum atomic E-state index is -0.504. The lowest BCUT2D eigenvalue weighted by molar-refractivity contribution is -0.137. The number of esters is 1. The van der Waals surface area contributed by atoms with E-state index in [1.807, 2.05) is 13.8 Å². The zero-order valence-corrected chi connectivity index (χ0v) is 20.4. The third kappa shape index (κ3) is 5.15. The molecule has 0 saturated heterocycles. The highest BCUT2D eigenvalue weighted by Gasteiger charge is 2.26. The first-order valence-electron chi connectivity index (χ1n) is 10.7. The van der Waals surface area contributed by atoms with Gasteiger partial charge in [-0.15, -0.1) is 0 Å². The second kappa shape index (κ2) is 11.0. The van der Waals surface area contributed by atoms with Crippen LogP contribution < -0.4 is 9.47 Å². The Bertz CT molecular complexity index is 1230. The van der Waals surface area contributed by atoms with Gasteiger partial charge in [0.15, 0.2) is 17.3 Å². The van der Waals surface area contributed by atoms with Crippen molar-refractivity contribution in [2.75, 3.05) is 20.8 Å². The van der Waals surface area contributed by atoms with Crippen molar-refractivity contribution in [1.29, 1.82) is 0 Å². The summed E-state index contributed by atoms with van der Waals surface area (Å²) in [5, 5.41) is 4.53. The fraction of sp³-hybridized carbons (Fsp3) is 0.269. The molecule has 0 spiro atoms. The maximum Gasteiger partial charge on any atom is 0.330 e. The third-order valence-electron chi connectivity index (χ3n) is 5.08. The van der Waals surface area contributed by atoms with Gasteiger partial charge >= 0.3 is 5.97 Å². The Balaban J connectivity index is 2.22. The standard InChI is InChI=1S/C26H26ClNO6/c1-6-33-22(29)13-12-20-23(25(15(2)3)34-28-20)17-11-10-16(27)14-19(17)24(30)18-8-7-9-21(31-4)26(18)32-5/h7-15H,6H2,1-5H3/b13-12+. The quantitative estimate of drug-likeness (QED) is 0.211. The van der Waals surface area contributed by atoms with E-state index >= 15 is 0 Å². The van der Waals surface area contributed by atoms with Crippen molar-refractivity contribution in [1.82, 2.24) is 5.16 Å². The van der Waals surface area contributed by atoms with Crippen molar-refractivity contribution >= 4 is 29.4 Å². The van der Waals surface area contributed by atoms with Crippen molar-refractivity contribution in [3.8, 4) is 22.6 Å². The average molecular weight is 484 g/mol. The van der Waals surface area contributed by atoms with E-state index in [9.17, 15) is 9.59 Å². The van der Waals surface area contributed by atoms with Crippen molar-refractivity contribution in [3.63, 3.8) is 0 Å². The molecule has 34 heavy (non-hydrogen) atoms. The minimum absolute atomic E-state index is 0.0442. The van der Waals surface area contributed by atoms with Crippen LogP contribution in [0, 0.1) is 0 Å². The number of para-hydroxylation sites is 1. The molecule has 0 atom stereocenters. The van der Waals surface area contributed by atoms with Crippen LogP contribution in [-0.4, -0.2) is 37.7 Å².